The van der Waals surface area contributed by atoms with E-state index in [4.69, 9.17) is 0 Å². The first kappa shape index (κ1) is 65.4. The van der Waals surface area contributed by atoms with Gasteiger partial charge in [-0.2, -0.15) is 0 Å². The van der Waals surface area contributed by atoms with E-state index < -0.39 is 0 Å². The summed E-state index contributed by atoms with van der Waals surface area (Å²) >= 11 is 0. The summed E-state index contributed by atoms with van der Waals surface area (Å²) in [7, 11) is 7.86. The van der Waals surface area contributed by atoms with Gasteiger partial charge in [-0.05, 0) is 324 Å². The Balaban J connectivity index is 0.000000406. The Morgan fingerprint density at radius 2 is 0.407 bits per heavy atom. The molecule has 18 aliphatic rings. The van der Waals surface area contributed by atoms with Crippen molar-refractivity contribution in [3.05, 3.63) is 0 Å². The van der Waals surface area contributed by atoms with Crippen molar-refractivity contribution in [2.45, 2.75) is 285 Å². The lowest BCUT2D eigenvalue weighted by Gasteiger charge is -2.77. The lowest BCUT2D eigenvalue weighted by molar-refractivity contribution is -0.929. The van der Waals surface area contributed by atoms with Crippen LogP contribution in [-0.2, 0) is 0 Å². The smallest absolute Gasteiger partial charge is 0.0989 e. The summed E-state index contributed by atoms with van der Waals surface area (Å²) in [5.74, 6) is 39.4. The van der Waals surface area contributed by atoms with Gasteiger partial charge in [0.1, 0.15) is 0 Å². The first-order valence-electron chi connectivity index (χ1n) is 39.5. The van der Waals surface area contributed by atoms with Crippen LogP contribution in [0.15, 0.2) is 0 Å². The van der Waals surface area contributed by atoms with Crippen molar-refractivity contribution in [3.8, 4) is 0 Å². The molecule has 0 heterocycles. The van der Waals surface area contributed by atoms with Crippen LogP contribution in [0, 0.1) is 201 Å². The molecule has 0 radical (unpaired) electrons. The van der Waals surface area contributed by atoms with Crippen LogP contribution < -0.4 is 0 Å². The minimum atomic E-state index is 0.497. The summed E-state index contributed by atoms with van der Waals surface area (Å²) in [5, 5.41) is 0. The molecule has 0 spiro atoms. The predicted octanol–water partition coefficient (Wildman–Crippen LogP) is 22.9. The van der Waals surface area contributed by atoms with Crippen molar-refractivity contribution in [1.82, 2.24) is 0 Å². The Morgan fingerprint density at radius 3 is 0.691 bits per heavy atom. The van der Waals surface area contributed by atoms with E-state index in [2.05, 4.69) is 28.1 Å². The molecule has 0 aliphatic heterocycles. The second-order valence-corrected chi connectivity index (χ2v) is 32.1. The maximum absolute atomic E-state index is 2.83. The molecule has 81 heavy (non-hydrogen) atoms. The number of nitrogens with zero attached hydrogens (tertiary/aromatic N) is 1. The number of rotatable bonds is 1. The highest BCUT2D eigenvalue weighted by atomic mass is 15.3. The van der Waals surface area contributed by atoms with E-state index >= 15 is 0 Å². The van der Waals surface area contributed by atoms with Crippen LogP contribution in [0.5, 0.6) is 0 Å². The van der Waals surface area contributed by atoms with Crippen molar-refractivity contribution < 1.29 is 4.48 Å². The van der Waals surface area contributed by atoms with Crippen LogP contribution in [0.4, 0.5) is 0 Å². The van der Waals surface area contributed by atoms with Gasteiger partial charge in [0.15, 0.2) is 0 Å². The van der Waals surface area contributed by atoms with Crippen LogP contribution in [-0.4, -0.2) is 31.2 Å². The minimum Gasteiger partial charge on any atom is -0.326 e. The van der Waals surface area contributed by atoms with Crippen LogP contribution in [0.3, 0.4) is 0 Å². The van der Waals surface area contributed by atoms with Gasteiger partial charge in [0.2, 0.25) is 0 Å². The van der Waals surface area contributed by atoms with Gasteiger partial charge in [-0.25, -0.2) is 0 Å². The third kappa shape index (κ3) is 9.60. The van der Waals surface area contributed by atoms with Gasteiger partial charge in [0.05, 0.1) is 26.7 Å². The average Bonchev–Trinajstić information content (AvgIpc) is 3.71. The van der Waals surface area contributed by atoms with E-state index in [0.717, 1.165) is 124 Å². The average molecular weight is 1120 g/mol. The highest BCUT2D eigenvalue weighted by Crippen LogP contribution is 2.81. The molecule has 18 saturated carbocycles. The van der Waals surface area contributed by atoms with Crippen molar-refractivity contribution >= 4 is 0 Å². The summed E-state index contributed by atoms with van der Waals surface area (Å²) in [5.41, 5.74) is 0.497. The molecule has 35 unspecified atom stereocenters. The lowest BCUT2D eigenvalue weighted by Crippen LogP contribution is -2.73. The van der Waals surface area contributed by atoms with Crippen LogP contribution >= 0.6 is 0 Å². The molecular formula is C80H146N+. The van der Waals surface area contributed by atoms with Gasteiger partial charge in [0, 0.05) is 12.3 Å². The molecule has 470 valence electrons. The fourth-order valence-corrected chi connectivity index (χ4v) is 30.9. The van der Waals surface area contributed by atoms with E-state index in [0.29, 0.717) is 5.54 Å². The highest BCUT2D eigenvalue weighted by Gasteiger charge is 2.76. The Bertz CT molecular complexity index is 1940. The second kappa shape index (κ2) is 26.6. The zero-order chi connectivity index (χ0) is 58.9. The first-order chi connectivity index (χ1) is 39.7. The third-order valence-corrected chi connectivity index (χ3v) is 31.1. The van der Waals surface area contributed by atoms with Crippen LogP contribution in [0.2, 0.25) is 0 Å². The summed E-state index contributed by atoms with van der Waals surface area (Å²) < 4.78 is 1.22. The van der Waals surface area contributed by atoms with Crippen molar-refractivity contribution in [1.29, 1.82) is 0 Å². The summed E-state index contributed by atoms with van der Waals surface area (Å²) in [6.07, 6.45) is 38.8. The second-order valence-electron chi connectivity index (χ2n) is 32.1. The predicted molar refractivity (Wildman–Crippen MR) is 353 cm³/mol. The summed E-state index contributed by atoms with van der Waals surface area (Å²) in [4.78, 5) is 0. The van der Waals surface area contributed by atoms with Crippen molar-refractivity contribution in [2.75, 3.05) is 21.1 Å². The fourth-order valence-electron chi connectivity index (χ4n) is 30.9. The monoisotopic (exact) mass is 1120 g/mol. The molecule has 0 aromatic heterocycles. The zero-order valence-corrected chi connectivity index (χ0v) is 58.8. The molecule has 0 saturated heterocycles. The largest absolute Gasteiger partial charge is 0.326 e. The maximum Gasteiger partial charge on any atom is 0.0989 e. The fraction of sp³-hybridized carbons (Fsp3) is 1.00. The lowest BCUT2D eigenvalue weighted by atomic mass is 9.27. The number of hydrogen-bond acceptors (Lipinski definition) is 0. The Kier molecular flexibility index (Phi) is 21.5. The molecule has 35 atom stereocenters. The van der Waals surface area contributed by atoms with Crippen molar-refractivity contribution in [2.24, 2.45) is 201 Å². The highest BCUT2D eigenvalue weighted by molar-refractivity contribution is 5.23. The molecule has 0 N–H and O–H groups in total. The Morgan fingerprint density at radius 1 is 0.210 bits per heavy atom. The molecule has 18 rings (SSSR count). The van der Waals surface area contributed by atoms with E-state index in [9.17, 15) is 0 Å². The van der Waals surface area contributed by atoms with Crippen LogP contribution in [0.1, 0.15) is 279 Å². The topological polar surface area (TPSA) is 0 Å². The number of hydrogen-bond donors (Lipinski definition) is 0. The SMILES string of the molecule is CC.CC.CC.CC.CC.CC.CC.CC.CC.CC1([N+](C)(C)C)CCC2CCC3CC4CC5CC6CC7CC8CC9CC%10CCCC%11CCC%12CC%13CC%14CC%15CC%16CC%17CC%18CC1C2C3C%18C4C%17C5C%16C6C%15C7C%14C8C%13C9C%12C%11%10. The molecule has 0 amide bonds. The zero-order valence-electron chi connectivity index (χ0n) is 58.8. The summed E-state index contributed by atoms with van der Waals surface area (Å²) in [6, 6.07) is 0. The maximum atomic E-state index is 2.83. The quantitative estimate of drug-likeness (QED) is 0.230. The van der Waals surface area contributed by atoms with Gasteiger partial charge < -0.3 is 4.48 Å². The van der Waals surface area contributed by atoms with Gasteiger partial charge in [-0.15, -0.1) is 0 Å². The minimum absolute atomic E-state index is 0.497. The van der Waals surface area contributed by atoms with Crippen molar-refractivity contribution in [3.63, 3.8) is 0 Å². The molecular weight excluding hydrogens is 975 g/mol. The standard InChI is InChI=1S/C62H92N.9C2H6/c1-62(63(2,3)4)13-12-29-9-11-32-16-35-19-38-22-40-23-39-20-36-17-33-14-30-7-5-6-28-8-10-31-15-34-18-37-21-41-24-42-25-43-26-44-27-45(62)47(29)49(32)61(44)52(35)60(43)55(38)59(42)58(40)57(41)56(39)54(37)53(36)51(34)50(33)48(31)46(28)30;9*1-2/h28-61H,5-27H2,1-4H3;9*1-2H3/q+1;;;;;;;;;. The van der Waals surface area contributed by atoms with Gasteiger partial charge >= 0.3 is 0 Å². The first-order valence-corrected chi connectivity index (χ1v) is 39.5. The van der Waals surface area contributed by atoms with Gasteiger partial charge in [-0.3, -0.25) is 0 Å². The normalized spacial score (nSPS) is 55.9. The summed E-state index contributed by atoms with van der Waals surface area (Å²) in [6.45, 7) is 38.8. The Labute approximate surface area is 508 Å². The molecule has 0 bridgehead atoms. The van der Waals surface area contributed by atoms with E-state index in [-0.39, 0.29) is 0 Å². The van der Waals surface area contributed by atoms with E-state index in [1.54, 1.807) is 141 Å². The molecule has 0 aromatic carbocycles. The van der Waals surface area contributed by atoms with E-state index in [1.807, 2.05) is 125 Å². The molecule has 1 heteroatoms. The van der Waals surface area contributed by atoms with Gasteiger partial charge in [-0.1, -0.05) is 144 Å². The van der Waals surface area contributed by atoms with E-state index in [1.165, 1.54) is 87.8 Å². The molecule has 18 aliphatic carbocycles. The molecule has 0 aromatic rings. The third-order valence-electron chi connectivity index (χ3n) is 31.1. The Hall–Kier alpha value is -0.0400. The molecule has 18 fully saturated rings. The number of quaternary nitrogens is 1. The van der Waals surface area contributed by atoms with Gasteiger partial charge in [0.25, 0.3) is 0 Å². The van der Waals surface area contributed by atoms with Crippen LogP contribution in [0.25, 0.3) is 0 Å². The molecule has 1 nitrogen and oxygen atoms in total.